The van der Waals surface area contributed by atoms with Crippen molar-refractivity contribution in [2.75, 3.05) is 19.6 Å². The standard InChI is InChI=1S/C16H23N3O2/c1-16(2)9-12(11-5-3-4-6-14(11)21-16)19-8-7-18-10-13(19)15(17)20/h3-6,12-13,18H,7-10H2,1-2H3,(H2,17,20). The van der Waals surface area contributed by atoms with Crippen LogP contribution in [0, 0.1) is 0 Å². The molecule has 2 aliphatic rings. The number of primary amides is 1. The first kappa shape index (κ1) is 14.4. The first-order valence-electron chi connectivity index (χ1n) is 7.52. The Morgan fingerprint density at radius 2 is 2.19 bits per heavy atom. The van der Waals surface area contributed by atoms with Gasteiger partial charge in [-0.3, -0.25) is 9.69 Å². The molecule has 0 spiro atoms. The summed E-state index contributed by atoms with van der Waals surface area (Å²) in [6.45, 7) is 6.51. The highest BCUT2D eigenvalue weighted by molar-refractivity contribution is 5.80. The van der Waals surface area contributed by atoms with Gasteiger partial charge in [-0.15, -0.1) is 0 Å². The van der Waals surface area contributed by atoms with Crippen molar-refractivity contribution in [3.8, 4) is 5.75 Å². The average Bonchev–Trinajstić information content (AvgIpc) is 2.45. The molecule has 0 saturated carbocycles. The van der Waals surface area contributed by atoms with Gasteiger partial charge in [-0.05, 0) is 19.9 Å². The molecule has 0 aromatic heterocycles. The Morgan fingerprint density at radius 3 is 2.95 bits per heavy atom. The van der Waals surface area contributed by atoms with Crippen LogP contribution in [-0.2, 0) is 4.79 Å². The van der Waals surface area contributed by atoms with E-state index in [1.165, 1.54) is 0 Å². The molecular weight excluding hydrogens is 266 g/mol. The number of nitrogens with two attached hydrogens (primary N) is 1. The third kappa shape index (κ3) is 2.76. The van der Waals surface area contributed by atoms with Gasteiger partial charge in [0.1, 0.15) is 17.4 Å². The number of benzene rings is 1. The Kier molecular flexibility index (Phi) is 3.63. The van der Waals surface area contributed by atoms with Gasteiger partial charge in [0.25, 0.3) is 0 Å². The number of piperazine rings is 1. The highest BCUT2D eigenvalue weighted by Crippen LogP contribution is 2.43. The minimum Gasteiger partial charge on any atom is -0.487 e. The molecule has 1 amide bonds. The molecular formula is C16H23N3O2. The topological polar surface area (TPSA) is 67.6 Å². The van der Waals surface area contributed by atoms with Crippen molar-refractivity contribution in [1.29, 1.82) is 0 Å². The van der Waals surface area contributed by atoms with E-state index in [-0.39, 0.29) is 23.6 Å². The van der Waals surface area contributed by atoms with Gasteiger partial charge in [-0.2, -0.15) is 0 Å². The summed E-state index contributed by atoms with van der Waals surface area (Å²) in [4.78, 5) is 14.0. The molecule has 3 rings (SSSR count). The molecule has 2 aliphatic heterocycles. The molecule has 21 heavy (non-hydrogen) atoms. The van der Waals surface area contributed by atoms with Crippen molar-refractivity contribution in [3.63, 3.8) is 0 Å². The molecule has 5 heteroatoms. The van der Waals surface area contributed by atoms with Gasteiger partial charge in [0.2, 0.25) is 5.91 Å². The van der Waals surface area contributed by atoms with Crippen molar-refractivity contribution < 1.29 is 9.53 Å². The lowest BCUT2D eigenvalue weighted by Crippen LogP contribution is -2.59. The maximum atomic E-state index is 11.8. The largest absolute Gasteiger partial charge is 0.487 e. The molecule has 2 atom stereocenters. The zero-order valence-electron chi connectivity index (χ0n) is 12.6. The molecule has 3 N–H and O–H groups in total. The van der Waals surface area contributed by atoms with E-state index in [2.05, 4.69) is 30.1 Å². The van der Waals surface area contributed by atoms with Gasteiger partial charge in [-0.1, -0.05) is 18.2 Å². The lowest BCUT2D eigenvalue weighted by atomic mass is 9.87. The number of nitrogens with zero attached hydrogens (tertiary/aromatic N) is 1. The van der Waals surface area contributed by atoms with Crippen molar-refractivity contribution in [1.82, 2.24) is 10.2 Å². The minimum atomic E-state index is -0.260. The number of hydrogen-bond donors (Lipinski definition) is 2. The van der Waals surface area contributed by atoms with Crippen molar-refractivity contribution >= 4 is 5.91 Å². The number of fused-ring (bicyclic) bond motifs is 1. The van der Waals surface area contributed by atoms with E-state index in [4.69, 9.17) is 10.5 Å². The molecule has 5 nitrogen and oxygen atoms in total. The Morgan fingerprint density at radius 1 is 1.43 bits per heavy atom. The summed E-state index contributed by atoms with van der Waals surface area (Å²) < 4.78 is 6.08. The third-order valence-electron chi connectivity index (χ3n) is 4.36. The predicted molar refractivity (Wildman–Crippen MR) is 81.1 cm³/mol. The van der Waals surface area contributed by atoms with E-state index in [0.29, 0.717) is 6.54 Å². The number of nitrogens with one attached hydrogen (secondary N) is 1. The zero-order chi connectivity index (χ0) is 15.0. The predicted octanol–water partition coefficient (Wildman–Crippen LogP) is 1.05. The Balaban J connectivity index is 1.98. The van der Waals surface area contributed by atoms with E-state index in [0.717, 1.165) is 30.8 Å². The minimum absolute atomic E-state index is 0.171. The van der Waals surface area contributed by atoms with Crippen LogP contribution in [-0.4, -0.2) is 42.1 Å². The lowest BCUT2D eigenvalue weighted by molar-refractivity contribution is -0.126. The first-order chi connectivity index (χ1) is 9.98. The van der Waals surface area contributed by atoms with Gasteiger partial charge in [0.15, 0.2) is 0 Å². The number of rotatable bonds is 2. The van der Waals surface area contributed by atoms with Crippen molar-refractivity contribution in [2.45, 2.75) is 38.0 Å². The van der Waals surface area contributed by atoms with E-state index in [1.807, 2.05) is 18.2 Å². The maximum absolute atomic E-state index is 11.8. The van der Waals surface area contributed by atoms with Crippen LogP contribution in [0.25, 0.3) is 0 Å². The fourth-order valence-corrected chi connectivity index (χ4v) is 3.42. The quantitative estimate of drug-likeness (QED) is 0.854. The van der Waals surface area contributed by atoms with Crippen LogP contribution in [0.3, 0.4) is 0 Å². The van der Waals surface area contributed by atoms with Crippen LogP contribution in [0.1, 0.15) is 31.9 Å². The molecule has 0 aliphatic carbocycles. The summed E-state index contributed by atoms with van der Waals surface area (Å²) >= 11 is 0. The zero-order valence-corrected chi connectivity index (χ0v) is 12.6. The fraction of sp³-hybridized carbons (Fsp3) is 0.562. The SMILES string of the molecule is CC1(C)CC(N2CCNCC2C(N)=O)c2ccccc2O1. The Hall–Kier alpha value is -1.59. The maximum Gasteiger partial charge on any atom is 0.236 e. The molecule has 1 fully saturated rings. The number of hydrogen-bond acceptors (Lipinski definition) is 4. The van der Waals surface area contributed by atoms with Crippen LogP contribution in [0.5, 0.6) is 5.75 Å². The molecule has 2 unspecified atom stereocenters. The normalized spacial score (nSPS) is 28.5. The number of amides is 1. The number of carbonyl (C=O) groups excluding carboxylic acids is 1. The molecule has 1 saturated heterocycles. The van der Waals surface area contributed by atoms with Gasteiger partial charge >= 0.3 is 0 Å². The summed E-state index contributed by atoms with van der Waals surface area (Å²) in [5.41, 5.74) is 6.51. The Bertz CT molecular complexity index is 544. The van der Waals surface area contributed by atoms with Gasteiger partial charge in [-0.25, -0.2) is 0 Å². The summed E-state index contributed by atoms with van der Waals surface area (Å²) in [5, 5.41) is 3.26. The van der Waals surface area contributed by atoms with Gasteiger partial charge in [0, 0.05) is 37.7 Å². The van der Waals surface area contributed by atoms with Crippen LogP contribution in [0.15, 0.2) is 24.3 Å². The van der Waals surface area contributed by atoms with Gasteiger partial charge in [0.05, 0.1) is 0 Å². The van der Waals surface area contributed by atoms with Crippen LogP contribution in [0.4, 0.5) is 0 Å². The summed E-state index contributed by atoms with van der Waals surface area (Å²) in [6, 6.07) is 8.02. The Labute approximate surface area is 125 Å². The second kappa shape index (κ2) is 5.31. The smallest absolute Gasteiger partial charge is 0.236 e. The lowest BCUT2D eigenvalue weighted by Gasteiger charge is -2.46. The number of para-hydroxylation sites is 1. The monoisotopic (exact) mass is 289 g/mol. The molecule has 1 aromatic rings. The first-order valence-corrected chi connectivity index (χ1v) is 7.52. The van der Waals surface area contributed by atoms with Crippen molar-refractivity contribution in [2.24, 2.45) is 5.73 Å². The van der Waals surface area contributed by atoms with Crippen LogP contribution < -0.4 is 15.8 Å². The molecule has 0 bridgehead atoms. The summed E-state index contributed by atoms with van der Waals surface area (Å²) in [5.74, 6) is 0.657. The van der Waals surface area contributed by atoms with E-state index >= 15 is 0 Å². The van der Waals surface area contributed by atoms with Crippen molar-refractivity contribution in [3.05, 3.63) is 29.8 Å². The molecule has 114 valence electrons. The van der Waals surface area contributed by atoms with Crippen LogP contribution in [0.2, 0.25) is 0 Å². The van der Waals surface area contributed by atoms with Gasteiger partial charge < -0.3 is 15.8 Å². The molecule has 0 radical (unpaired) electrons. The highest BCUT2D eigenvalue weighted by atomic mass is 16.5. The van der Waals surface area contributed by atoms with Crippen LogP contribution >= 0.6 is 0 Å². The number of ether oxygens (including phenoxy) is 1. The van der Waals surface area contributed by atoms with E-state index in [9.17, 15) is 4.79 Å². The summed E-state index contributed by atoms with van der Waals surface area (Å²) in [6.07, 6.45) is 0.855. The highest BCUT2D eigenvalue weighted by Gasteiger charge is 2.40. The van der Waals surface area contributed by atoms with E-state index < -0.39 is 0 Å². The third-order valence-corrected chi connectivity index (χ3v) is 4.36. The van der Waals surface area contributed by atoms with E-state index in [1.54, 1.807) is 0 Å². The second-order valence-corrected chi connectivity index (χ2v) is 6.48. The fourth-order valence-electron chi connectivity index (χ4n) is 3.42. The average molecular weight is 289 g/mol. The second-order valence-electron chi connectivity index (χ2n) is 6.48. The molecule has 1 aromatic carbocycles. The molecule has 2 heterocycles. The number of carbonyl (C=O) groups is 1. The summed E-state index contributed by atoms with van der Waals surface area (Å²) in [7, 11) is 0.